The number of hydrogen-bond acceptors (Lipinski definition) is 0. The molecule has 1 heteroatoms. The summed E-state index contributed by atoms with van der Waals surface area (Å²) < 4.78 is 1.56. The summed E-state index contributed by atoms with van der Waals surface area (Å²) in [5.41, 5.74) is 1.57. The molecule has 0 spiro atoms. The summed E-state index contributed by atoms with van der Waals surface area (Å²) in [6.07, 6.45) is 3.90. The fourth-order valence-electron chi connectivity index (χ4n) is 1.13. The molecule has 0 atom stereocenters. The summed E-state index contributed by atoms with van der Waals surface area (Å²) in [5.74, 6) is 0. The van der Waals surface area contributed by atoms with Gasteiger partial charge in [-0.3, -0.25) is 0 Å². The molecule has 0 heterocycles. The molecule has 11 heavy (non-hydrogen) atoms. The van der Waals surface area contributed by atoms with Crippen molar-refractivity contribution < 1.29 is 0 Å². The van der Waals surface area contributed by atoms with Crippen molar-refractivity contribution >= 4 is 26.1 Å². The molecule has 0 saturated carbocycles. The molecule has 2 radical (unpaired) electrons. The van der Waals surface area contributed by atoms with Gasteiger partial charge in [0.2, 0.25) is 0 Å². The van der Waals surface area contributed by atoms with Crippen molar-refractivity contribution in [2.75, 3.05) is 0 Å². The Morgan fingerprint density at radius 2 is 2.00 bits per heavy atom. The van der Waals surface area contributed by atoms with Gasteiger partial charge in [-0.1, -0.05) is 0 Å². The van der Waals surface area contributed by atoms with E-state index < -0.39 is 0 Å². The first-order chi connectivity index (χ1) is 5.34. The summed E-state index contributed by atoms with van der Waals surface area (Å²) in [4.78, 5) is 0. The molecule has 0 aromatic heterocycles. The Morgan fingerprint density at radius 3 is 2.64 bits per heavy atom. The predicted molar refractivity (Wildman–Crippen MR) is 51.8 cm³/mol. The van der Waals surface area contributed by atoms with E-state index in [1.807, 2.05) is 0 Å². The number of aryl methyl sites for hydroxylation is 1. The molecule has 0 amide bonds. The number of rotatable bonds is 3. The molecule has 0 saturated heterocycles. The van der Waals surface area contributed by atoms with Gasteiger partial charge in [-0.05, 0) is 0 Å². The Labute approximate surface area is 82.1 Å². The molecule has 0 N–H and O–H groups in total. The van der Waals surface area contributed by atoms with Crippen LogP contribution in [0.4, 0.5) is 0 Å². The first kappa shape index (κ1) is 9.11. The molecule has 0 bridgehead atoms. The number of hydrogen-bond donors (Lipinski definition) is 0. The van der Waals surface area contributed by atoms with Gasteiger partial charge in [-0.2, -0.15) is 0 Å². The van der Waals surface area contributed by atoms with Gasteiger partial charge in [0.05, 0.1) is 0 Å². The van der Waals surface area contributed by atoms with E-state index in [0.717, 1.165) is 0 Å². The standard InChI is InChI=1S/C10H13.Sn.H/c1-2-3-7-10-8-5-4-6-9-10;;/h4-6,8H,2-3,7H2,1H3;;. The van der Waals surface area contributed by atoms with Gasteiger partial charge < -0.3 is 0 Å². The Kier molecular flexibility index (Phi) is 3.98. The van der Waals surface area contributed by atoms with Crippen LogP contribution in [-0.4, -0.2) is 22.5 Å². The molecule has 1 aromatic rings. The van der Waals surface area contributed by atoms with E-state index >= 15 is 0 Å². The van der Waals surface area contributed by atoms with Crippen molar-refractivity contribution in [3.8, 4) is 0 Å². The van der Waals surface area contributed by atoms with Crippen LogP contribution < -0.4 is 3.58 Å². The van der Waals surface area contributed by atoms with Crippen molar-refractivity contribution in [3.63, 3.8) is 0 Å². The van der Waals surface area contributed by atoms with Crippen LogP contribution in [0.3, 0.4) is 0 Å². The predicted octanol–water partition coefficient (Wildman–Crippen LogP) is 1.56. The van der Waals surface area contributed by atoms with Crippen LogP contribution in [0.15, 0.2) is 24.3 Å². The fraction of sp³-hybridized carbons (Fsp3) is 0.400. The van der Waals surface area contributed by atoms with Gasteiger partial charge in [0.25, 0.3) is 0 Å². The minimum atomic E-state index is 1.26. The van der Waals surface area contributed by atoms with E-state index in [-0.39, 0.29) is 0 Å². The summed E-state index contributed by atoms with van der Waals surface area (Å²) in [6, 6.07) is 8.78. The first-order valence-corrected chi connectivity index (χ1v) is 5.82. The maximum atomic E-state index is 2.26. The molecule has 58 valence electrons. The Balaban J connectivity index is 2.62. The molecule has 1 aromatic carbocycles. The van der Waals surface area contributed by atoms with Gasteiger partial charge in [0.15, 0.2) is 0 Å². The van der Waals surface area contributed by atoms with Gasteiger partial charge in [0.1, 0.15) is 0 Å². The van der Waals surface area contributed by atoms with Crippen LogP contribution in [-0.2, 0) is 6.42 Å². The molecule has 1 rings (SSSR count). The van der Waals surface area contributed by atoms with E-state index in [9.17, 15) is 0 Å². The number of unbranched alkanes of at least 4 members (excludes halogenated alkanes) is 1. The third kappa shape index (κ3) is 2.86. The van der Waals surface area contributed by atoms with Gasteiger partial charge in [0, 0.05) is 0 Å². The third-order valence-electron chi connectivity index (χ3n) is 1.85. The monoisotopic (exact) mass is 254 g/mol. The van der Waals surface area contributed by atoms with Crippen LogP contribution in [0, 0.1) is 0 Å². The van der Waals surface area contributed by atoms with E-state index in [0.29, 0.717) is 0 Å². The quantitative estimate of drug-likeness (QED) is 0.717. The van der Waals surface area contributed by atoms with Gasteiger partial charge in [-0.15, -0.1) is 0 Å². The van der Waals surface area contributed by atoms with E-state index in [1.165, 1.54) is 41.8 Å². The molecule has 0 fully saturated rings. The SMILES string of the molecule is CCCCc1cccc[c]1[SnH]. The van der Waals surface area contributed by atoms with E-state index in [2.05, 4.69) is 31.2 Å². The van der Waals surface area contributed by atoms with Crippen LogP contribution in [0.25, 0.3) is 0 Å². The Bertz CT molecular complexity index is 218. The van der Waals surface area contributed by atoms with Crippen molar-refractivity contribution in [1.29, 1.82) is 0 Å². The summed E-state index contributed by atoms with van der Waals surface area (Å²) in [7, 11) is 0. The number of benzene rings is 1. The van der Waals surface area contributed by atoms with Crippen LogP contribution in [0.1, 0.15) is 25.3 Å². The molecule has 0 unspecified atom stereocenters. The van der Waals surface area contributed by atoms with Gasteiger partial charge >= 0.3 is 82.1 Å². The average Bonchev–Trinajstić information content (AvgIpc) is 2.03. The second-order valence-electron chi connectivity index (χ2n) is 2.80. The van der Waals surface area contributed by atoms with Crippen molar-refractivity contribution in [2.45, 2.75) is 26.2 Å². The summed E-state index contributed by atoms with van der Waals surface area (Å²) in [5, 5.41) is 0. The topological polar surface area (TPSA) is 0 Å². The molecule has 0 aliphatic carbocycles. The Hall–Kier alpha value is 0.0187. The van der Waals surface area contributed by atoms with Gasteiger partial charge in [-0.25, -0.2) is 0 Å². The van der Waals surface area contributed by atoms with Crippen LogP contribution >= 0.6 is 0 Å². The van der Waals surface area contributed by atoms with E-state index in [1.54, 1.807) is 9.14 Å². The molecule has 0 aliphatic heterocycles. The molecule has 0 aliphatic rings. The second kappa shape index (κ2) is 4.81. The maximum absolute atomic E-state index is 2.26. The normalized spacial score (nSPS) is 10.0. The zero-order chi connectivity index (χ0) is 8.10. The van der Waals surface area contributed by atoms with Crippen molar-refractivity contribution in [3.05, 3.63) is 29.8 Å². The zero-order valence-electron chi connectivity index (χ0n) is 7.01. The van der Waals surface area contributed by atoms with Crippen molar-refractivity contribution in [1.82, 2.24) is 0 Å². The first-order valence-electron chi connectivity index (χ1n) is 4.18. The Morgan fingerprint density at radius 1 is 1.27 bits per heavy atom. The minimum absolute atomic E-state index is 1.26. The third-order valence-corrected chi connectivity index (χ3v) is 3.46. The summed E-state index contributed by atoms with van der Waals surface area (Å²) in [6.45, 7) is 2.25. The van der Waals surface area contributed by atoms with Crippen LogP contribution in [0.5, 0.6) is 0 Å². The van der Waals surface area contributed by atoms with Crippen LogP contribution in [0.2, 0.25) is 0 Å². The molecule has 0 nitrogen and oxygen atoms in total. The van der Waals surface area contributed by atoms with E-state index in [4.69, 9.17) is 0 Å². The second-order valence-corrected chi connectivity index (χ2v) is 4.58. The van der Waals surface area contributed by atoms with Crippen molar-refractivity contribution in [2.24, 2.45) is 0 Å². The average molecular weight is 253 g/mol. The zero-order valence-corrected chi connectivity index (χ0v) is 10.3. The fourth-order valence-corrected chi connectivity index (χ4v) is 2.13. The molecular weight excluding hydrogens is 239 g/mol. The summed E-state index contributed by atoms with van der Waals surface area (Å²) >= 11 is 1.26. The molecular formula is C10H14Sn.